The number of aryl methyl sites for hydroxylation is 2. The molecule has 0 aliphatic carbocycles. The van der Waals surface area contributed by atoms with Gasteiger partial charge < -0.3 is 9.88 Å². The Morgan fingerprint density at radius 2 is 1.73 bits per heavy atom. The first kappa shape index (κ1) is 25.7. The van der Waals surface area contributed by atoms with Gasteiger partial charge in [-0.05, 0) is 37.5 Å². The number of sulfonamides is 1. The first-order chi connectivity index (χ1) is 15.9. The number of fused-ring (bicyclic) bond motifs is 1. The van der Waals surface area contributed by atoms with Gasteiger partial charge in [0.05, 0.1) is 15.9 Å². The van der Waals surface area contributed by atoms with Gasteiger partial charge in [0.25, 0.3) is 0 Å². The van der Waals surface area contributed by atoms with E-state index in [1.54, 1.807) is 16.4 Å². The number of hydrogen-bond donors (Lipinski definition) is 1. The molecular weight excluding hydrogens is 436 g/mol. The summed E-state index contributed by atoms with van der Waals surface area (Å²) >= 11 is 0. The van der Waals surface area contributed by atoms with E-state index in [2.05, 4.69) is 17.2 Å². The fraction of sp³-hybridized carbons (Fsp3) is 0.680. The summed E-state index contributed by atoms with van der Waals surface area (Å²) in [7, 11) is -1.57. The standard InChI is InChI=1S/C25H40N4O3S/c1-3-4-5-6-7-8-10-17-26-25(30)16-15-24-27-22-20-21(13-14-23(22)28(24)2)33(31,32)29-18-11-9-12-19-29/h13-14,20H,3-12,15-19H2,1-2H3,(H,26,30). The Bertz CT molecular complexity index is 1010. The number of piperidine rings is 1. The van der Waals surface area contributed by atoms with E-state index in [9.17, 15) is 13.2 Å². The second-order valence-electron chi connectivity index (χ2n) is 9.17. The Balaban J connectivity index is 1.51. The minimum Gasteiger partial charge on any atom is -0.356 e. The number of carbonyl (C=O) groups is 1. The predicted molar refractivity (Wildman–Crippen MR) is 133 cm³/mol. The van der Waals surface area contributed by atoms with Gasteiger partial charge in [0.2, 0.25) is 15.9 Å². The van der Waals surface area contributed by atoms with Crippen LogP contribution in [0.3, 0.4) is 0 Å². The topological polar surface area (TPSA) is 84.3 Å². The molecule has 184 valence electrons. The molecule has 0 atom stereocenters. The van der Waals surface area contributed by atoms with Crippen molar-refractivity contribution < 1.29 is 13.2 Å². The molecule has 2 heterocycles. The molecule has 1 saturated heterocycles. The molecule has 0 unspecified atom stereocenters. The van der Waals surface area contributed by atoms with E-state index in [1.165, 1.54) is 32.1 Å². The molecule has 0 saturated carbocycles. The molecular formula is C25H40N4O3S. The molecule has 2 aromatic rings. The zero-order valence-electron chi connectivity index (χ0n) is 20.3. The third-order valence-electron chi connectivity index (χ3n) is 6.58. The van der Waals surface area contributed by atoms with Gasteiger partial charge in [0, 0.05) is 39.5 Å². The molecule has 0 spiro atoms. The molecule has 0 bridgehead atoms. The molecule has 1 aliphatic heterocycles. The summed E-state index contributed by atoms with van der Waals surface area (Å²) in [5, 5.41) is 3.01. The van der Waals surface area contributed by atoms with Crippen LogP contribution in [-0.2, 0) is 28.3 Å². The van der Waals surface area contributed by atoms with Crippen molar-refractivity contribution in [1.82, 2.24) is 19.2 Å². The summed E-state index contributed by atoms with van der Waals surface area (Å²) < 4.78 is 29.5. The van der Waals surface area contributed by atoms with Gasteiger partial charge in [-0.25, -0.2) is 13.4 Å². The average Bonchev–Trinajstić information content (AvgIpc) is 3.15. The fourth-order valence-electron chi connectivity index (χ4n) is 4.49. The maximum absolute atomic E-state index is 13.0. The molecule has 8 heteroatoms. The quantitative estimate of drug-likeness (QED) is 0.430. The largest absolute Gasteiger partial charge is 0.356 e. The fourth-order valence-corrected chi connectivity index (χ4v) is 6.03. The van der Waals surface area contributed by atoms with E-state index in [1.807, 2.05) is 17.7 Å². The zero-order valence-corrected chi connectivity index (χ0v) is 21.1. The van der Waals surface area contributed by atoms with Crippen LogP contribution in [0.5, 0.6) is 0 Å². The highest BCUT2D eigenvalue weighted by atomic mass is 32.2. The number of benzene rings is 1. The molecule has 7 nitrogen and oxygen atoms in total. The smallest absolute Gasteiger partial charge is 0.243 e. The normalized spacial score (nSPS) is 15.2. The average molecular weight is 477 g/mol. The van der Waals surface area contributed by atoms with Gasteiger partial charge in [-0.2, -0.15) is 4.31 Å². The Morgan fingerprint density at radius 1 is 1.03 bits per heavy atom. The van der Waals surface area contributed by atoms with Crippen molar-refractivity contribution in [3.05, 3.63) is 24.0 Å². The summed E-state index contributed by atoms with van der Waals surface area (Å²) in [6, 6.07) is 5.17. The van der Waals surface area contributed by atoms with Crippen LogP contribution < -0.4 is 5.32 Å². The first-order valence-corrected chi connectivity index (χ1v) is 14.1. The van der Waals surface area contributed by atoms with E-state index >= 15 is 0 Å². The van der Waals surface area contributed by atoms with Crippen molar-refractivity contribution >= 4 is 27.0 Å². The third-order valence-corrected chi connectivity index (χ3v) is 8.47. The van der Waals surface area contributed by atoms with Gasteiger partial charge in [-0.1, -0.05) is 51.9 Å². The Kier molecular flexibility index (Phi) is 9.74. The highest BCUT2D eigenvalue weighted by Crippen LogP contribution is 2.24. The van der Waals surface area contributed by atoms with E-state index in [0.29, 0.717) is 36.3 Å². The first-order valence-electron chi connectivity index (χ1n) is 12.7. The third kappa shape index (κ3) is 7.03. The predicted octanol–water partition coefficient (Wildman–Crippen LogP) is 4.55. The molecule has 1 fully saturated rings. The summed E-state index contributed by atoms with van der Waals surface area (Å²) in [6.07, 6.45) is 12.4. The van der Waals surface area contributed by atoms with E-state index in [4.69, 9.17) is 0 Å². The number of nitrogens with zero attached hydrogens (tertiary/aromatic N) is 3. The Morgan fingerprint density at radius 3 is 2.45 bits per heavy atom. The van der Waals surface area contributed by atoms with Crippen LogP contribution in [0.2, 0.25) is 0 Å². The van der Waals surface area contributed by atoms with Gasteiger partial charge in [-0.15, -0.1) is 0 Å². The van der Waals surface area contributed by atoms with Crippen molar-refractivity contribution in [1.29, 1.82) is 0 Å². The lowest BCUT2D eigenvalue weighted by atomic mass is 10.1. The Labute approximate surface area is 199 Å². The molecule has 1 aliphatic rings. The van der Waals surface area contributed by atoms with Crippen molar-refractivity contribution in [2.24, 2.45) is 7.05 Å². The lowest BCUT2D eigenvalue weighted by Crippen LogP contribution is -2.35. The van der Waals surface area contributed by atoms with Crippen LogP contribution in [0.15, 0.2) is 23.1 Å². The van der Waals surface area contributed by atoms with Gasteiger partial charge in [0.1, 0.15) is 5.82 Å². The molecule has 1 aromatic heterocycles. The minimum absolute atomic E-state index is 0.0430. The van der Waals surface area contributed by atoms with Gasteiger partial charge in [0.15, 0.2) is 0 Å². The summed E-state index contributed by atoms with van der Waals surface area (Å²) in [4.78, 5) is 17.2. The van der Waals surface area contributed by atoms with Crippen molar-refractivity contribution in [2.75, 3.05) is 19.6 Å². The summed E-state index contributed by atoms with van der Waals surface area (Å²) in [5.74, 6) is 0.838. The van der Waals surface area contributed by atoms with Crippen LogP contribution in [-0.4, -0.2) is 47.8 Å². The maximum atomic E-state index is 13.0. The number of unbranched alkanes of at least 4 members (excludes halogenated alkanes) is 6. The van der Waals surface area contributed by atoms with Crippen LogP contribution in [0.4, 0.5) is 0 Å². The molecule has 1 aromatic carbocycles. The molecule has 3 rings (SSSR count). The summed E-state index contributed by atoms with van der Waals surface area (Å²) in [5.41, 5.74) is 1.54. The lowest BCUT2D eigenvalue weighted by molar-refractivity contribution is -0.121. The van der Waals surface area contributed by atoms with Crippen molar-refractivity contribution in [3.8, 4) is 0 Å². The molecule has 33 heavy (non-hydrogen) atoms. The van der Waals surface area contributed by atoms with E-state index < -0.39 is 10.0 Å². The molecule has 1 N–H and O–H groups in total. The number of aromatic nitrogens is 2. The molecule has 0 radical (unpaired) electrons. The van der Waals surface area contributed by atoms with Gasteiger partial charge in [-0.3, -0.25) is 4.79 Å². The summed E-state index contributed by atoms with van der Waals surface area (Å²) in [6.45, 7) is 4.12. The number of amides is 1. The van der Waals surface area contributed by atoms with Crippen molar-refractivity contribution in [3.63, 3.8) is 0 Å². The van der Waals surface area contributed by atoms with Crippen LogP contribution in [0, 0.1) is 0 Å². The van der Waals surface area contributed by atoms with Crippen molar-refractivity contribution in [2.45, 2.75) is 88.9 Å². The van der Waals surface area contributed by atoms with Crippen LogP contribution >= 0.6 is 0 Å². The van der Waals surface area contributed by atoms with Crippen LogP contribution in [0.25, 0.3) is 11.0 Å². The number of carbonyl (C=O) groups excluding carboxylic acids is 1. The van der Waals surface area contributed by atoms with E-state index in [-0.39, 0.29) is 5.91 Å². The number of rotatable bonds is 13. The number of hydrogen-bond acceptors (Lipinski definition) is 4. The minimum atomic E-state index is -3.48. The van der Waals surface area contributed by atoms with Gasteiger partial charge >= 0.3 is 0 Å². The monoisotopic (exact) mass is 476 g/mol. The highest BCUT2D eigenvalue weighted by Gasteiger charge is 2.26. The highest BCUT2D eigenvalue weighted by molar-refractivity contribution is 7.89. The zero-order chi connectivity index (χ0) is 23.7. The SMILES string of the molecule is CCCCCCCCCNC(=O)CCc1nc2cc(S(=O)(=O)N3CCCCC3)ccc2n1C. The second-order valence-corrected chi connectivity index (χ2v) is 11.1. The van der Waals surface area contributed by atoms with E-state index in [0.717, 1.165) is 50.0 Å². The molecule has 1 amide bonds. The second kappa shape index (κ2) is 12.5. The van der Waals surface area contributed by atoms with Crippen LogP contribution in [0.1, 0.15) is 83.4 Å². The number of nitrogens with one attached hydrogen (secondary N) is 1. The maximum Gasteiger partial charge on any atom is 0.243 e. The Hall–Kier alpha value is -1.93. The number of imidazole rings is 1. The lowest BCUT2D eigenvalue weighted by Gasteiger charge is -2.25.